The van der Waals surface area contributed by atoms with Crippen LogP contribution in [0.5, 0.6) is 0 Å². The summed E-state index contributed by atoms with van der Waals surface area (Å²) in [7, 11) is -3.57. The van der Waals surface area contributed by atoms with Gasteiger partial charge in [0.2, 0.25) is 0 Å². The van der Waals surface area contributed by atoms with Gasteiger partial charge in [0, 0.05) is 17.9 Å². The topological polar surface area (TPSA) is 92.3 Å². The molecule has 0 bridgehead atoms. The smallest absolute Gasteiger partial charge is 0.257 e. The number of carbonyl (C=O) groups excluding carboxylic acids is 2. The molecule has 0 aliphatic heterocycles. The number of sulfone groups is 1. The Labute approximate surface area is 157 Å². The van der Waals surface area contributed by atoms with Gasteiger partial charge in [-0.15, -0.1) is 0 Å². The van der Waals surface area contributed by atoms with E-state index in [1.54, 1.807) is 12.1 Å². The molecule has 8 heteroatoms. The van der Waals surface area contributed by atoms with E-state index < -0.39 is 15.7 Å². The standard InChI is InChI=1S/C18H19ClN2O4S/c1-11(2)20-17(22)12-8-9-14(19)15(10-12)21-18(23)13-6-4-5-7-16(13)26(3,24)25/h4-11H,1-3H3,(H,20,22)(H,21,23). The van der Waals surface area contributed by atoms with Crippen LogP contribution in [0, 0.1) is 0 Å². The van der Waals surface area contributed by atoms with Gasteiger partial charge < -0.3 is 10.6 Å². The SMILES string of the molecule is CC(C)NC(=O)c1ccc(Cl)c(NC(=O)c2ccccc2S(C)(=O)=O)c1. The van der Waals surface area contributed by atoms with E-state index in [-0.39, 0.29) is 33.1 Å². The highest BCUT2D eigenvalue weighted by molar-refractivity contribution is 7.90. The van der Waals surface area contributed by atoms with Gasteiger partial charge in [0.25, 0.3) is 11.8 Å². The van der Waals surface area contributed by atoms with Crippen molar-refractivity contribution in [3.8, 4) is 0 Å². The number of hydrogen-bond donors (Lipinski definition) is 2. The summed E-state index contributed by atoms with van der Waals surface area (Å²) in [5.41, 5.74) is 0.550. The summed E-state index contributed by atoms with van der Waals surface area (Å²) in [5.74, 6) is -0.932. The van der Waals surface area contributed by atoms with Crippen LogP contribution in [0.25, 0.3) is 0 Å². The zero-order chi connectivity index (χ0) is 19.5. The van der Waals surface area contributed by atoms with Crippen molar-refractivity contribution in [1.29, 1.82) is 0 Å². The number of rotatable bonds is 5. The molecule has 0 aliphatic rings. The van der Waals surface area contributed by atoms with Gasteiger partial charge in [0.15, 0.2) is 9.84 Å². The molecule has 2 aromatic rings. The third kappa shape index (κ3) is 4.83. The lowest BCUT2D eigenvalue weighted by atomic mass is 10.1. The lowest BCUT2D eigenvalue weighted by molar-refractivity contribution is 0.0941. The normalized spacial score (nSPS) is 11.3. The number of benzene rings is 2. The molecule has 0 saturated heterocycles. The maximum Gasteiger partial charge on any atom is 0.257 e. The number of nitrogens with one attached hydrogen (secondary N) is 2. The first-order valence-corrected chi connectivity index (χ1v) is 10.1. The molecule has 0 aliphatic carbocycles. The summed E-state index contributed by atoms with van der Waals surface area (Å²) in [4.78, 5) is 24.6. The molecule has 2 aromatic carbocycles. The average molecular weight is 395 g/mol. The minimum absolute atomic E-state index is 0.00287. The van der Waals surface area contributed by atoms with Gasteiger partial charge in [-0.05, 0) is 44.2 Å². The Morgan fingerprint density at radius 2 is 1.69 bits per heavy atom. The minimum Gasteiger partial charge on any atom is -0.350 e. The van der Waals surface area contributed by atoms with Crippen LogP contribution in [0.4, 0.5) is 5.69 Å². The Bertz CT molecular complexity index is 955. The van der Waals surface area contributed by atoms with Crippen LogP contribution in [-0.2, 0) is 9.84 Å². The zero-order valence-corrected chi connectivity index (χ0v) is 16.1. The number of amides is 2. The number of carbonyl (C=O) groups is 2. The van der Waals surface area contributed by atoms with E-state index in [1.807, 2.05) is 13.8 Å². The number of hydrogen-bond acceptors (Lipinski definition) is 4. The van der Waals surface area contributed by atoms with Gasteiger partial charge in [-0.1, -0.05) is 23.7 Å². The Kier molecular flexibility index (Phi) is 6.05. The summed E-state index contributed by atoms with van der Waals surface area (Å²) in [6, 6.07) is 10.3. The molecule has 0 atom stereocenters. The van der Waals surface area contributed by atoms with Crippen LogP contribution in [0.1, 0.15) is 34.6 Å². The Morgan fingerprint density at radius 1 is 1.04 bits per heavy atom. The summed E-state index contributed by atoms with van der Waals surface area (Å²) in [6.45, 7) is 3.66. The van der Waals surface area contributed by atoms with Gasteiger partial charge >= 0.3 is 0 Å². The molecule has 2 N–H and O–H groups in total. The number of halogens is 1. The van der Waals surface area contributed by atoms with Crippen molar-refractivity contribution in [3.05, 3.63) is 58.6 Å². The highest BCUT2D eigenvalue weighted by Gasteiger charge is 2.19. The van der Waals surface area contributed by atoms with E-state index >= 15 is 0 Å². The van der Waals surface area contributed by atoms with Crippen LogP contribution in [-0.4, -0.2) is 32.5 Å². The van der Waals surface area contributed by atoms with Gasteiger partial charge in [-0.3, -0.25) is 9.59 Å². The maximum atomic E-state index is 12.6. The van der Waals surface area contributed by atoms with Crippen molar-refractivity contribution < 1.29 is 18.0 Å². The molecule has 0 fully saturated rings. The molecule has 0 heterocycles. The van der Waals surface area contributed by atoms with Gasteiger partial charge in [0.1, 0.15) is 0 Å². The fourth-order valence-electron chi connectivity index (χ4n) is 2.28. The van der Waals surface area contributed by atoms with Crippen LogP contribution >= 0.6 is 11.6 Å². The van der Waals surface area contributed by atoms with E-state index in [0.717, 1.165) is 6.26 Å². The van der Waals surface area contributed by atoms with E-state index in [2.05, 4.69) is 10.6 Å². The van der Waals surface area contributed by atoms with Crippen molar-refractivity contribution in [1.82, 2.24) is 5.32 Å². The molecular weight excluding hydrogens is 376 g/mol. The predicted octanol–water partition coefficient (Wildman–Crippen LogP) is 3.13. The molecule has 0 unspecified atom stereocenters. The molecule has 6 nitrogen and oxygen atoms in total. The third-order valence-corrected chi connectivity index (χ3v) is 4.91. The lowest BCUT2D eigenvalue weighted by Gasteiger charge is -2.12. The van der Waals surface area contributed by atoms with E-state index in [4.69, 9.17) is 11.6 Å². The second-order valence-corrected chi connectivity index (χ2v) is 8.44. The molecule has 138 valence electrons. The summed E-state index contributed by atoms with van der Waals surface area (Å²) >= 11 is 6.10. The van der Waals surface area contributed by atoms with Crippen LogP contribution in [0.15, 0.2) is 47.4 Å². The fraction of sp³-hybridized carbons (Fsp3) is 0.222. The van der Waals surface area contributed by atoms with Crippen LogP contribution in [0.2, 0.25) is 5.02 Å². The first kappa shape index (κ1) is 19.9. The minimum atomic E-state index is -3.57. The van der Waals surface area contributed by atoms with E-state index in [0.29, 0.717) is 5.56 Å². The second-order valence-electron chi connectivity index (χ2n) is 6.05. The van der Waals surface area contributed by atoms with Gasteiger partial charge in [-0.2, -0.15) is 0 Å². The second kappa shape index (κ2) is 7.88. The third-order valence-electron chi connectivity index (χ3n) is 3.43. The first-order valence-electron chi connectivity index (χ1n) is 7.80. The molecule has 2 rings (SSSR count). The predicted molar refractivity (Wildman–Crippen MR) is 102 cm³/mol. The zero-order valence-electron chi connectivity index (χ0n) is 14.5. The molecule has 0 saturated carbocycles. The van der Waals surface area contributed by atoms with E-state index in [1.165, 1.54) is 30.3 Å². The van der Waals surface area contributed by atoms with Crippen molar-refractivity contribution in [2.24, 2.45) is 0 Å². The molecule has 0 spiro atoms. The monoisotopic (exact) mass is 394 g/mol. The molecule has 0 aromatic heterocycles. The maximum absolute atomic E-state index is 12.6. The van der Waals surface area contributed by atoms with Crippen LogP contribution in [0.3, 0.4) is 0 Å². The Hall–Kier alpha value is -2.38. The van der Waals surface area contributed by atoms with Crippen molar-refractivity contribution >= 4 is 38.9 Å². The number of anilines is 1. The summed E-state index contributed by atoms with van der Waals surface area (Å²) in [5, 5.41) is 5.55. The Morgan fingerprint density at radius 3 is 2.31 bits per heavy atom. The molecule has 0 radical (unpaired) electrons. The van der Waals surface area contributed by atoms with Gasteiger partial charge in [-0.25, -0.2) is 8.42 Å². The van der Waals surface area contributed by atoms with Crippen molar-refractivity contribution in [2.45, 2.75) is 24.8 Å². The quantitative estimate of drug-likeness (QED) is 0.814. The Balaban J connectivity index is 2.35. The average Bonchev–Trinajstić information content (AvgIpc) is 2.55. The lowest BCUT2D eigenvalue weighted by Crippen LogP contribution is -2.30. The largest absolute Gasteiger partial charge is 0.350 e. The molecule has 2 amide bonds. The highest BCUT2D eigenvalue weighted by atomic mass is 35.5. The van der Waals surface area contributed by atoms with E-state index in [9.17, 15) is 18.0 Å². The molecule has 26 heavy (non-hydrogen) atoms. The van der Waals surface area contributed by atoms with Crippen molar-refractivity contribution in [2.75, 3.05) is 11.6 Å². The highest BCUT2D eigenvalue weighted by Crippen LogP contribution is 2.25. The summed E-state index contributed by atoms with van der Waals surface area (Å²) in [6.07, 6.45) is 1.03. The fourth-order valence-corrected chi connectivity index (χ4v) is 3.33. The van der Waals surface area contributed by atoms with Crippen LogP contribution < -0.4 is 10.6 Å². The summed E-state index contributed by atoms with van der Waals surface area (Å²) < 4.78 is 23.7. The molecular formula is C18H19ClN2O4S. The van der Waals surface area contributed by atoms with Crippen molar-refractivity contribution in [3.63, 3.8) is 0 Å². The first-order chi connectivity index (χ1) is 12.1. The van der Waals surface area contributed by atoms with Gasteiger partial charge in [0.05, 0.1) is 21.2 Å².